The molecule has 0 aromatic carbocycles. The van der Waals surface area contributed by atoms with Crippen LogP contribution in [0.5, 0.6) is 0 Å². The van der Waals surface area contributed by atoms with Crippen molar-refractivity contribution in [2.45, 2.75) is 46.3 Å². The minimum Gasteiger partial charge on any atom is -0.380 e. The van der Waals surface area contributed by atoms with Crippen LogP contribution in [0.1, 0.15) is 34.1 Å². The Morgan fingerprint density at radius 3 is 2.43 bits per heavy atom. The van der Waals surface area contributed by atoms with Crippen molar-refractivity contribution in [1.82, 2.24) is 15.1 Å². The number of methoxy groups -OCH3 is 1. The third kappa shape index (κ3) is 5.93. The third-order valence-electron chi connectivity index (χ3n) is 4.20. The number of nitrogens with zero attached hydrogens (tertiary/aromatic N) is 2. The fraction of sp³-hybridized carbons (Fsp3) is 0.938. The van der Waals surface area contributed by atoms with Crippen LogP contribution in [0.15, 0.2) is 0 Å². The van der Waals surface area contributed by atoms with Crippen molar-refractivity contribution in [3.05, 3.63) is 0 Å². The molecule has 0 aromatic rings. The molecule has 5 heteroatoms. The second-order valence-electron chi connectivity index (χ2n) is 6.26. The number of hydrogen-bond donors (Lipinski definition) is 1. The summed E-state index contributed by atoms with van der Waals surface area (Å²) in [5.41, 5.74) is 0. The molecule has 1 aliphatic rings. The average molecular weight is 299 g/mol. The molecule has 1 rings (SSSR count). The van der Waals surface area contributed by atoms with E-state index >= 15 is 0 Å². The van der Waals surface area contributed by atoms with E-state index in [0.29, 0.717) is 5.92 Å². The standard InChI is InChI=1S/C16H33N3O2/c1-6-18(7-2)8-9-19(12-13(3)4)16(20)15-10-14(21-5)11-17-15/h13-15,17H,6-12H2,1-5H3. The lowest BCUT2D eigenvalue weighted by Crippen LogP contribution is -2.47. The van der Waals surface area contributed by atoms with Crippen LogP contribution in [0.2, 0.25) is 0 Å². The first-order valence-corrected chi connectivity index (χ1v) is 8.29. The molecule has 1 fully saturated rings. The molecule has 0 saturated carbocycles. The lowest BCUT2D eigenvalue weighted by Gasteiger charge is -2.30. The molecular weight excluding hydrogens is 266 g/mol. The fourth-order valence-electron chi connectivity index (χ4n) is 2.83. The van der Waals surface area contributed by atoms with Gasteiger partial charge in [-0.1, -0.05) is 27.7 Å². The Hall–Kier alpha value is -0.650. The van der Waals surface area contributed by atoms with E-state index in [9.17, 15) is 4.79 Å². The zero-order chi connectivity index (χ0) is 15.8. The van der Waals surface area contributed by atoms with Gasteiger partial charge in [0.15, 0.2) is 0 Å². The number of ether oxygens (including phenoxy) is 1. The van der Waals surface area contributed by atoms with Crippen molar-refractivity contribution in [2.24, 2.45) is 5.92 Å². The topological polar surface area (TPSA) is 44.8 Å². The summed E-state index contributed by atoms with van der Waals surface area (Å²) in [6.07, 6.45) is 0.956. The van der Waals surface area contributed by atoms with Gasteiger partial charge in [0.1, 0.15) is 0 Å². The second-order valence-corrected chi connectivity index (χ2v) is 6.26. The summed E-state index contributed by atoms with van der Waals surface area (Å²) in [5.74, 6) is 0.723. The molecule has 1 amide bonds. The minimum absolute atomic E-state index is 0.0783. The highest BCUT2D eigenvalue weighted by atomic mass is 16.5. The van der Waals surface area contributed by atoms with E-state index in [1.54, 1.807) is 7.11 Å². The number of nitrogens with one attached hydrogen (secondary N) is 1. The van der Waals surface area contributed by atoms with Crippen molar-refractivity contribution in [1.29, 1.82) is 0 Å². The highest BCUT2D eigenvalue weighted by Gasteiger charge is 2.32. The summed E-state index contributed by atoms with van der Waals surface area (Å²) in [7, 11) is 1.71. The highest BCUT2D eigenvalue weighted by Crippen LogP contribution is 2.13. The van der Waals surface area contributed by atoms with E-state index in [0.717, 1.165) is 45.7 Å². The Bertz CT molecular complexity index is 306. The van der Waals surface area contributed by atoms with E-state index in [4.69, 9.17) is 4.74 Å². The Kier molecular flexibility index (Phi) is 8.22. The van der Waals surface area contributed by atoms with Crippen molar-refractivity contribution < 1.29 is 9.53 Å². The molecule has 0 bridgehead atoms. The van der Waals surface area contributed by atoms with E-state index in [1.165, 1.54) is 0 Å². The number of carbonyl (C=O) groups excluding carboxylic acids is 1. The molecule has 0 aliphatic carbocycles. The Balaban J connectivity index is 2.57. The van der Waals surface area contributed by atoms with Crippen molar-refractivity contribution in [3.8, 4) is 0 Å². The fourth-order valence-corrected chi connectivity index (χ4v) is 2.83. The van der Waals surface area contributed by atoms with Crippen LogP contribution < -0.4 is 5.32 Å². The van der Waals surface area contributed by atoms with Gasteiger partial charge in [0, 0.05) is 33.3 Å². The van der Waals surface area contributed by atoms with E-state index in [-0.39, 0.29) is 18.1 Å². The summed E-state index contributed by atoms with van der Waals surface area (Å²) in [5, 5.41) is 3.30. The zero-order valence-electron chi connectivity index (χ0n) is 14.4. The van der Waals surface area contributed by atoms with Gasteiger partial charge in [-0.05, 0) is 25.4 Å². The van der Waals surface area contributed by atoms with Gasteiger partial charge < -0.3 is 19.9 Å². The molecule has 1 N–H and O–H groups in total. The molecule has 21 heavy (non-hydrogen) atoms. The molecule has 0 aromatic heterocycles. The molecule has 124 valence electrons. The van der Waals surface area contributed by atoms with E-state index in [1.807, 2.05) is 4.90 Å². The first-order chi connectivity index (χ1) is 10.0. The van der Waals surface area contributed by atoms with E-state index in [2.05, 4.69) is 37.9 Å². The number of amides is 1. The van der Waals surface area contributed by atoms with Crippen molar-refractivity contribution in [2.75, 3.05) is 46.4 Å². The maximum Gasteiger partial charge on any atom is 0.239 e. The van der Waals surface area contributed by atoms with Crippen LogP contribution >= 0.6 is 0 Å². The monoisotopic (exact) mass is 299 g/mol. The van der Waals surface area contributed by atoms with Gasteiger partial charge >= 0.3 is 0 Å². The predicted octanol–water partition coefficient (Wildman–Crippen LogP) is 1.19. The molecular formula is C16H33N3O2. The summed E-state index contributed by atoms with van der Waals surface area (Å²) in [6.45, 7) is 14.1. The summed E-state index contributed by atoms with van der Waals surface area (Å²) < 4.78 is 5.34. The normalized spacial score (nSPS) is 22.2. The molecule has 5 nitrogen and oxygen atoms in total. The summed E-state index contributed by atoms with van der Waals surface area (Å²) >= 11 is 0. The van der Waals surface area contributed by atoms with Gasteiger partial charge in [-0.3, -0.25) is 4.79 Å². The van der Waals surface area contributed by atoms with Crippen molar-refractivity contribution in [3.63, 3.8) is 0 Å². The summed E-state index contributed by atoms with van der Waals surface area (Å²) in [4.78, 5) is 17.1. The van der Waals surface area contributed by atoms with E-state index < -0.39 is 0 Å². The third-order valence-corrected chi connectivity index (χ3v) is 4.20. The highest BCUT2D eigenvalue weighted by molar-refractivity contribution is 5.82. The van der Waals surface area contributed by atoms with Crippen LogP contribution in [0.3, 0.4) is 0 Å². The van der Waals surface area contributed by atoms with Crippen LogP contribution in [0.4, 0.5) is 0 Å². The molecule has 1 saturated heterocycles. The number of hydrogen-bond acceptors (Lipinski definition) is 4. The van der Waals surface area contributed by atoms with Crippen LogP contribution in [0.25, 0.3) is 0 Å². The van der Waals surface area contributed by atoms with Gasteiger partial charge in [0.2, 0.25) is 5.91 Å². The van der Waals surface area contributed by atoms with Gasteiger partial charge in [-0.15, -0.1) is 0 Å². The second kappa shape index (κ2) is 9.38. The Morgan fingerprint density at radius 1 is 1.29 bits per heavy atom. The van der Waals surface area contributed by atoms with Crippen molar-refractivity contribution >= 4 is 5.91 Å². The molecule has 0 radical (unpaired) electrons. The van der Waals surface area contributed by atoms with Crippen LogP contribution in [-0.4, -0.2) is 74.2 Å². The van der Waals surface area contributed by atoms with Gasteiger partial charge in [0.25, 0.3) is 0 Å². The predicted molar refractivity (Wildman–Crippen MR) is 86.4 cm³/mol. The minimum atomic E-state index is -0.0783. The largest absolute Gasteiger partial charge is 0.380 e. The molecule has 1 aliphatic heterocycles. The molecule has 1 heterocycles. The van der Waals surface area contributed by atoms with Crippen LogP contribution in [-0.2, 0) is 9.53 Å². The lowest BCUT2D eigenvalue weighted by molar-refractivity contribution is -0.134. The lowest BCUT2D eigenvalue weighted by atomic mass is 10.1. The summed E-state index contributed by atoms with van der Waals surface area (Å²) in [6, 6.07) is -0.0783. The maximum atomic E-state index is 12.7. The first kappa shape index (κ1) is 18.4. The molecule has 2 atom stereocenters. The number of likely N-dealkylation sites (N-methyl/N-ethyl adjacent to an activating group) is 1. The maximum absolute atomic E-state index is 12.7. The number of carbonyl (C=O) groups is 1. The average Bonchev–Trinajstić information content (AvgIpc) is 2.94. The quantitative estimate of drug-likeness (QED) is 0.695. The van der Waals surface area contributed by atoms with Gasteiger partial charge in [0.05, 0.1) is 12.1 Å². The Labute approximate surface area is 130 Å². The zero-order valence-corrected chi connectivity index (χ0v) is 14.4. The SMILES string of the molecule is CCN(CC)CCN(CC(C)C)C(=O)C1CC(OC)CN1. The Morgan fingerprint density at radius 2 is 1.95 bits per heavy atom. The van der Waals surface area contributed by atoms with Crippen LogP contribution in [0, 0.1) is 5.92 Å². The van der Waals surface area contributed by atoms with Gasteiger partial charge in [-0.2, -0.15) is 0 Å². The first-order valence-electron chi connectivity index (χ1n) is 8.29. The van der Waals surface area contributed by atoms with Gasteiger partial charge in [-0.25, -0.2) is 0 Å². The smallest absolute Gasteiger partial charge is 0.239 e. The molecule has 0 spiro atoms. The number of rotatable bonds is 9. The molecule has 2 unspecified atom stereocenters.